The number of phenolic OH excluding ortho intramolecular Hbond substituents is 1. The number of anilines is 1. The minimum absolute atomic E-state index is 0.145. The summed E-state index contributed by atoms with van der Waals surface area (Å²) in [5, 5.41) is 9.53. The lowest BCUT2D eigenvalue weighted by Crippen LogP contribution is -2.29. The van der Waals surface area contributed by atoms with Crippen molar-refractivity contribution in [2.24, 2.45) is 0 Å². The number of Topliss-reactive ketones (excluding diaryl/α,β-unsaturated/α-hetero) is 1. The fraction of sp³-hybridized carbons (Fsp3) is 0.176. The van der Waals surface area contributed by atoms with Crippen molar-refractivity contribution >= 4 is 17.4 Å². The quantitative estimate of drug-likeness (QED) is 0.861. The molecule has 0 saturated carbocycles. The van der Waals surface area contributed by atoms with E-state index >= 15 is 0 Å². The van der Waals surface area contributed by atoms with Crippen molar-refractivity contribution < 1.29 is 14.7 Å². The number of nitrogens with zero attached hydrogens (tertiary/aromatic N) is 1. The molecule has 21 heavy (non-hydrogen) atoms. The largest absolute Gasteiger partial charge is 0.508 e. The van der Waals surface area contributed by atoms with Crippen LogP contribution in [0.5, 0.6) is 5.75 Å². The van der Waals surface area contributed by atoms with E-state index < -0.39 is 11.7 Å². The zero-order chi connectivity index (χ0) is 15.1. The summed E-state index contributed by atoms with van der Waals surface area (Å²) in [4.78, 5) is 25.8. The smallest absolute Gasteiger partial charge is 0.299 e. The first kappa shape index (κ1) is 13.4. The Balaban J connectivity index is 2.07. The van der Waals surface area contributed by atoms with Crippen LogP contribution in [0.2, 0.25) is 0 Å². The minimum Gasteiger partial charge on any atom is -0.508 e. The van der Waals surface area contributed by atoms with Gasteiger partial charge in [0.1, 0.15) is 5.75 Å². The van der Waals surface area contributed by atoms with Gasteiger partial charge in [0.25, 0.3) is 11.7 Å². The zero-order valence-electron chi connectivity index (χ0n) is 11.9. The van der Waals surface area contributed by atoms with E-state index in [1.54, 1.807) is 24.3 Å². The van der Waals surface area contributed by atoms with E-state index in [4.69, 9.17) is 0 Å². The number of carbonyl (C=O) groups is 2. The number of benzene rings is 2. The van der Waals surface area contributed by atoms with Crippen LogP contribution in [0.25, 0.3) is 0 Å². The van der Waals surface area contributed by atoms with E-state index in [2.05, 4.69) is 0 Å². The maximum Gasteiger partial charge on any atom is 0.299 e. The second kappa shape index (κ2) is 4.74. The number of ketones is 1. The van der Waals surface area contributed by atoms with Gasteiger partial charge >= 0.3 is 0 Å². The lowest BCUT2D eigenvalue weighted by Gasteiger charge is -2.19. The van der Waals surface area contributed by atoms with Crippen LogP contribution in [0.1, 0.15) is 27.0 Å². The molecular weight excluding hydrogens is 266 g/mol. The summed E-state index contributed by atoms with van der Waals surface area (Å²) in [7, 11) is 0. The number of phenols is 1. The average molecular weight is 281 g/mol. The third kappa shape index (κ3) is 2.09. The molecule has 0 atom stereocenters. The van der Waals surface area contributed by atoms with Crippen LogP contribution in [0, 0.1) is 13.8 Å². The normalized spacial score (nSPS) is 13.7. The standard InChI is InChI=1S/C17H15NO3/c1-10-6-7-14-15(11(10)2)18(17(21)16(14)20)9-12-4-3-5-13(19)8-12/h3-8,19H,9H2,1-2H3. The zero-order valence-corrected chi connectivity index (χ0v) is 11.9. The Hall–Kier alpha value is -2.62. The van der Waals surface area contributed by atoms with Crippen LogP contribution in [-0.2, 0) is 11.3 Å². The van der Waals surface area contributed by atoms with Gasteiger partial charge in [-0.2, -0.15) is 0 Å². The molecule has 1 heterocycles. The molecule has 0 saturated heterocycles. The van der Waals surface area contributed by atoms with Crippen LogP contribution in [0.4, 0.5) is 5.69 Å². The second-order valence-electron chi connectivity index (χ2n) is 5.29. The SMILES string of the molecule is Cc1ccc2c(c1C)N(Cc1cccc(O)c1)C(=O)C2=O. The Morgan fingerprint density at radius 3 is 2.57 bits per heavy atom. The molecule has 1 aliphatic heterocycles. The first-order valence-electron chi connectivity index (χ1n) is 6.73. The lowest BCUT2D eigenvalue weighted by molar-refractivity contribution is -0.114. The van der Waals surface area contributed by atoms with E-state index in [1.165, 1.54) is 4.90 Å². The minimum atomic E-state index is -0.512. The average Bonchev–Trinajstić information content (AvgIpc) is 2.69. The van der Waals surface area contributed by atoms with Crippen LogP contribution in [0.3, 0.4) is 0 Å². The van der Waals surface area contributed by atoms with Gasteiger partial charge in [0.2, 0.25) is 0 Å². The third-order valence-corrected chi connectivity index (χ3v) is 3.91. The molecule has 106 valence electrons. The molecule has 1 N–H and O–H groups in total. The Morgan fingerprint density at radius 1 is 1.10 bits per heavy atom. The number of hydrogen-bond acceptors (Lipinski definition) is 3. The maximum absolute atomic E-state index is 12.2. The Bertz CT molecular complexity index is 765. The van der Waals surface area contributed by atoms with Gasteiger partial charge in [-0.1, -0.05) is 18.2 Å². The molecule has 4 heteroatoms. The third-order valence-electron chi connectivity index (χ3n) is 3.91. The summed E-state index contributed by atoms with van der Waals surface area (Å²) in [6.45, 7) is 4.14. The molecular formula is C17H15NO3. The monoisotopic (exact) mass is 281 g/mol. The topological polar surface area (TPSA) is 57.6 Å². The van der Waals surface area contributed by atoms with Crippen molar-refractivity contribution in [3.63, 3.8) is 0 Å². The van der Waals surface area contributed by atoms with Crippen molar-refractivity contribution in [3.05, 3.63) is 58.7 Å². The Labute approximate surface area is 122 Å². The number of rotatable bonds is 2. The van der Waals surface area contributed by atoms with E-state index in [0.29, 0.717) is 11.3 Å². The first-order valence-corrected chi connectivity index (χ1v) is 6.73. The van der Waals surface area contributed by atoms with Gasteiger partial charge < -0.3 is 10.0 Å². The van der Waals surface area contributed by atoms with Crippen molar-refractivity contribution in [2.45, 2.75) is 20.4 Å². The number of hydrogen-bond donors (Lipinski definition) is 1. The summed E-state index contributed by atoms with van der Waals surface area (Å²) in [6.07, 6.45) is 0. The van der Waals surface area contributed by atoms with Gasteiger partial charge in [-0.25, -0.2) is 0 Å². The fourth-order valence-corrected chi connectivity index (χ4v) is 2.66. The fourth-order valence-electron chi connectivity index (χ4n) is 2.66. The number of aryl methyl sites for hydroxylation is 1. The van der Waals surface area contributed by atoms with E-state index in [-0.39, 0.29) is 12.3 Å². The van der Waals surface area contributed by atoms with Crippen LogP contribution >= 0.6 is 0 Å². The Morgan fingerprint density at radius 2 is 1.86 bits per heavy atom. The highest BCUT2D eigenvalue weighted by Crippen LogP contribution is 2.35. The highest BCUT2D eigenvalue weighted by Gasteiger charge is 2.37. The number of fused-ring (bicyclic) bond motifs is 1. The van der Waals surface area contributed by atoms with Gasteiger partial charge in [-0.05, 0) is 48.7 Å². The van der Waals surface area contributed by atoms with E-state index in [9.17, 15) is 14.7 Å². The van der Waals surface area contributed by atoms with Crippen molar-refractivity contribution in [2.75, 3.05) is 4.90 Å². The van der Waals surface area contributed by atoms with Gasteiger partial charge in [-0.15, -0.1) is 0 Å². The molecule has 0 fully saturated rings. The molecule has 1 aliphatic rings. The van der Waals surface area contributed by atoms with Crippen LogP contribution in [-0.4, -0.2) is 16.8 Å². The summed E-state index contributed by atoms with van der Waals surface area (Å²) in [6, 6.07) is 10.3. The van der Waals surface area contributed by atoms with Crippen LogP contribution in [0.15, 0.2) is 36.4 Å². The van der Waals surface area contributed by atoms with E-state index in [1.807, 2.05) is 26.0 Å². The highest BCUT2D eigenvalue weighted by atomic mass is 16.3. The molecule has 0 radical (unpaired) electrons. The second-order valence-corrected chi connectivity index (χ2v) is 5.29. The van der Waals surface area contributed by atoms with Crippen LogP contribution < -0.4 is 4.90 Å². The Kier molecular flexibility index (Phi) is 3.01. The first-order chi connectivity index (χ1) is 9.99. The maximum atomic E-state index is 12.2. The van der Waals surface area contributed by atoms with Crippen molar-refractivity contribution in [1.29, 1.82) is 0 Å². The molecule has 0 aromatic heterocycles. The molecule has 4 nitrogen and oxygen atoms in total. The molecule has 3 rings (SSSR count). The van der Waals surface area contributed by atoms with Crippen molar-refractivity contribution in [1.82, 2.24) is 0 Å². The number of aromatic hydroxyl groups is 1. The predicted molar refractivity (Wildman–Crippen MR) is 79.5 cm³/mol. The summed E-state index contributed by atoms with van der Waals surface area (Å²) in [5.74, 6) is -0.832. The number of carbonyl (C=O) groups excluding carboxylic acids is 2. The van der Waals surface area contributed by atoms with Crippen molar-refractivity contribution in [3.8, 4) is 5.75 Å². The summed E-state index contributed by atoms with van der Waals surface area (Å²) in [5.41, 5.74) is 3.91. The molecule has 1 amide bonds. The predicted octanol–water partition coefficient (Wildman–Crippen LogP) is 2.74. The number of amides is 1. The van der Waals surface area contributed by atoms with Gasteiger partial charge in [0.15, 0.2) is 0 Å². The van der Waals surface area contributed by atoms with Gasteiger partial charge in [-0.3, -0.25) is 9.59 Å². The van der Waals surface area contributed by atoms with Gasteiger partial charge in [0.05, 0.1) is 17.8 Å². The molecule has 0 unspecified atom stereocenters. The van der Waals surface area contributed by atoms with Gasteiger partial charge in [0, 0.05) is 0 Å². The highest BCUT2D eigenvalue weighted by molar-refractivity contribution is 6.52. The molecule has 2 aromatic rings. The summed E-state index contributed by atoms with van der Waals surface area (Å²) >= 11 is 0. The summed E-state index contributed by atoms with van der Waals surface area (Å²) < 4.78 is 0. The molecule has 2 aromatic carbocycles. The van der Waals surface area contributed by atoms with E-state index in [0.717, 1.165) is 16.7 Å². The molecule has 0 spiro atoms. The lowest BCUT2D eigenvalue weighted by atomic mass is 10.0. The molecule has 0 bridgehead atoms. The molecule has 0 aliphatic carbocycles.